The van der Waals surface area contributed by atoms with E-state index in [1.165, 1.54) is 0 Å². The van der Waals surface area contributed by atoms with Crippen LogP contribution in [0.25, 0.3) is 0 Å². The lowest BCUT2D eigenvalue weighted by Gasteiger charge is -2.45. The molecule has 1 N–H and O–H groups in total. The van der Waals surface area contributed by atoms with Gasteiger partial charge in [0.15, 0.2) is 0 Å². The zero-order valence-corrected chi connectivity index (χ0v) is 13.4. The molecule has 0 amide bonds. The second kappa shape index (κ2) is 3.86. The van der Waals surface area contributed by atoms with E-state index in [2.05, 4.69) is 41.5 Å². The van der Waals surface area contributed by atoms with Crippen LogP contribution in [0.1, 0.15) is 61.3 Å². The minimum absolute atomic E-state index is 0.169. The van der Waals surface area contributed by atoms with Gasteiger partial charge in [0, 0.05) is 5.57 Å². The molecular weight excluding hydrogens is 236 g/mol. The number of carbonyl (C=O) groups is 1. The normalized spacial score (nSPS) is 35.1. The summed E-state index contributed by atoms with van der Waals surface area (Å²) >= 11 is 0. The van der Waals surface area contributed by atoms with Crippen molar-refractivity contribution in [1.29, 1.82) is 0 Å². The van der Waals surface area contributed by atoms with E-state index in [0.29, 0.717) is 17.4 Å². The Morgan fingerprint density at radius 1 is 1.00 bits per heavy atom. The van der Waals surface area contributed by atoms with E-state index in [1.807, 2.05) is 6.92 Å². The lowest BCUT2D eigenvalue weighted by Crippen LogP contribution is -2.38. The summed E-state index contributed by atoms with van der Waals surface area (Å²) in [7, 11) is 0. The molecule has 1 saturated carbocycles. The Balaban J connectivity index is 2.52. The predicted octanol–water partition coefficient (Wildman–Crippen LogP) is 4.51. The number of allylic oxidation sites excluding steroid dienone is 1. The van der Waals surface area contributed by atoms with Gasteiger partial charge in [-0.3, -0.25) is 0 Å². The molecule has 1 fully saturated rings. The first-order chi connectivity index (χ1) is 8.44. The molecule has 0 heterocycles. The third kappa shape index (κ3) is 1.64. The fourth-order valence-corrected chi connectivity index (χ4v) is 4.68. The topological polar surface area (TPSA) is 37.3 Å². The van der Waals surface area contributed by atoms with Crippen molar-refractivity contribution < 1.29 is 9.90 Å². The Labute approximate surface area is 117 Å². The Morgan fingerprint density at radius 2 is 1.42 bits per heavy atom. The van der Waals surface area contributed by atoms with Gasteiger partial charge in [-0.25, -0.2) is 4.79 Å². The first-order valence-corrected chi connectivity index (χ1v) is 7.36. The van der Waals surface area contributed by atoms with Crippen LogP contribution in [0, 0.1) is 28.1 Å². The van der Waals surface area contributed by atoms with Gasteiger partial charge in [-0.1, -0.05) is 47.1 Å². The summed E-state index contributed by atoms with van der Waals surface area (Å²) in [5.74, 6) is 0.363. The number of hydrogen-bond donors (Lipinski definition) is 1. The molecule has 0 bridgehead atoms. The first-order valence-electron chi connectivity index (χ1n) is 7.36. The Kier molecular flexibility index (Phi) is 2.97. The molecule has 2 aliphatic carbocycles. The van der Waals surface area contributed by atoms with E-state index in [0.717, 1.165) is 18.4 Å². The number of aliphatic carboxylic acids is 1. The van der Waals surface area contributed by atoms with Gasteiger partial charge in [-0.2, -0.15) is 0 Å². The van der Waals surface area contributed by atoms with Gasteiger partial charge < -0.3 is 5.11 Å². The van der Waals surface area contributed by atoms with Crippen molar-refractivity contribution in [2.24, 2.45) is 28.1 Å². The molecule has 2 unspecified atom stereocenters. The van der Waals surface area contributed by atoms with Crippen LogP contribution >= 0.6 is 0 Å². The summed E-state index contributed by atoms with van der Waals surface area (Å²) in [6, 6.07) is 0. The molecule has 0 saturated heterocycles. The molecule has 2 nitrogen and oxygen atoms in total. The second-order valence-electron chi connectivity index (χ2n) is 8.25. The summed E-state index contributed by atoms with van der Waals surface area (Å²) in [6.07, 6.45) is 1.69. The Hall–Kier alpha value is -0.790. The lowest BCUT2D eigenvalue weighted by atomic mass is 9.59. The highest BCUT2D eigenvalue weighted by molar-refractivity contribution is 5.87. The number of hydrogen-bond acceptors (Lipinski definition) is 1. The highest BCUT2D eigenvalue weighted by Gasteiger charge is 2.64. The van der Waals surface area contributed by atoms with Crippen molar-refractivity contribution in [3.63, 3.8) is 0 Å². The van der Waals surface area contributed by atoms with E-state index < -0.39 is 5.97 Å². The van der Waals surface area contributed by atoms with Gasteiger partial charge in [0.05, 0.1) is 0 Å². The van der Waals surface area contributed by atoms with Crippen LogP contribution in [0.5, 0.6) is 0 Å². The average molecular weight is 264 g/mol. The van der Waals surface area contributed by atoms with Crippen molar-refractivity contribution in [2.45, 2.75) is 61.3 Å². The molecule has 2 rings (SSSR count). The zero-order valence-electron chi connectivity index (χ0n) is 13.4. The molecule has 0 aromatic rings. The summed E-state index contributed by atoms with van der Waals surface area (Å²) in [5.41, 5.74) is 2.39. The van der Waals surface area contributed by atoms with Gasteiger partial charge in [0.2, 0.25) is 0 Å². The maximum atomic E-state index is 11.4. The SMILES string of the molecule is CC1=C(C(=O)O)CC2C(C1)C(C)(C)C(C)(C)C2(C)C. The lowest BCUT2D eigenvalue weighted by molar-refractivity contribution is -0.133. The first kappa shape index (κ1) is 14.6. The van der Waals surface area contributed by atoms with E-state index in [9.17, 15) is 9.90 Å². The van der Waals surface area contributed by atoms with E-state index in [4.69, 9.17) is 0 Å². The van der Waals surface area contributed by atoms with E-state index in [-0.39, 0.29) is 16.2 Å². The summed E-state index contributed by atoms with van der Waals surface area (Å²) in [4.78, 5) is 11.4. The number of rotatable bonds is 1. The van der Waals surface area contributed by atoms with Crippen molar-refractivity contribution in [3.8, 4) is 0 Å². The third-order valence-electron chi connectivity index (χ3n) is 7.28. The van der Waals surface area contributed by atoms with Crippen LogP contribution in [0.15, 0.2) is 11.1 Å². The average Bonchev–Trinajstić information content (AvgIpc) is 2.35. The quantitative estimate of drug-likeness (QED) is 0.756. The van der Waals surface area contributed by atoms with Crippen molar-refractivity contribution in [2.75, 3.05) is 0 Å². The van der Waals surface area contributed by atoms with Gasteiger partial charge in [-0.15, -0.1) is 0 Å². The highest BCUT2D eigenvalue weighted by Crippen LogP contribution is 2.70. The van der Waals surface area contributed by atoms with Crippen LogP contribution in [-0.4, -0.2) is 11.1 Å². The molecule has 19 heavy (non-hydrogen) atoms. The molecule has 0 aromatic carbocycles. The minimum atomic E-state index is -0.714. The highest BCUT2D eigenvalue weighted by atomic mass is 16.4. The number of carboxylic acid groups (broad SMARTS) is 1. The number of fused-ring (bicyclic) bond motifs is 1. The molecule has 2 heteroatoms. The molecule has 108 valence electrons. The molecule has 0 aliphatic heterocycles. The Morgan fingerprint density at radius 3 is 1.84 bits per heavy atom. The van der Waals surface area contributed by atoms with Crippen LogP contribution in [-0.2, 0) is 4.79 Å². The van der Waals surface area contributed by atoms with E-state index >= 15 is 0 Å². The summed E-state index contributed by atoms with van der Waals surface area (Å²) < 4.78 is 0. The smallest absolute Gasteiger partial charge is 0.331 e. The molecule has 0 spiro atoms. The minimum Gasteiger partial charge on any atom is -0.478 e. The van der Waals surface area contributed by atoms with Gasteiger partial charge >= 0.3 is 5.97 Å². The van der Waals surface area contributed by atoms with Crippen molar-refractivity contribution in [1.82, 2.24) is 0 Å². The predicted molar refractivity (Wildman–Crippen MR) is 77.9 cm³/mol. The second-order valence-corrected chi connectivity index (χ2v) is 8.25. The van der Waals surface area contributed by atoms with Crippen molar-refractivity contribution >= 4 is 5.97 Å². The van der Waals surface area contributed by atoms with E-state index in [1.54, 1.807) is 0 Å². The molecular formula is C17H28O2. The fraction of sp³-hybridized carbons (Fsp3) is 0.824. The zero-order chi connectivity index (χ0) is 14.8. The fourth-order valence-electron chi connectivity index (χ4n) is 4.68. The van der Waals surface area contributed by atoms with Crippen molar-refractivity contribution in [3.05, 3.63) is 11.1 Å². The molecule has 2 aliphatic rings. The Bertz CT molecular complexity index is 452. The molecule has 0 aromatic heterocycles. The van der Waals surface area contributed by atoms with Crippen LogP contribution in [0.3, 0.4) is 0 Å². The maximum Gasteiger partial charge on any atom is 0.331 e. The largest absolute Gasteiger partial charge is 0.478 e. The monoisotopic (exact) mass is 264 g/mol. The summed E-state index contributed by atoms with van der Waals surface area (Å²) in [5, 5.41) is 9.40. The summed E-state index contributed by atoms with van der Waals surface area (Å²) in [6.45, 7) is 16.1. The van der Waals surface area contributed by atoms with Crippen LogP contribution in [0.2, 0.25) is 0 Å². The maximum absolute atomic E-state index is 11.4. The third-order valence-corrected chi connectivity index (χ3v) is 7.28. The van der Waals surface area contributed by atoms with Gasteiger partial charge in [0.1, 0.15) is 0 Å². The molecule has 0 radical (unpaired) electrons. The van der Waals surface area contributed by atoms with Crippen LogP contribution < -0.4 is 0 Å². The molecule has 2 atom stereocenters. The standard InChI is InChI=1S/C17H28O2/c1-10-8-12-13(9-11(10)14(18)19)16(4,5)17(6,7)15(12,2)3/h12-13H,8-9H2,1-7H3,(H,18,19). The van der Waals surface area contributed by atoms with Crippen LogP contribution in [0.4, 0.5) is 0 Å². The number of carboxylic acids is 1. The van der Waals surface area contributed by atoms with Gasteiger partial charge in [0.25, 0.3) is 0 Å². The van der Waals surface area contributed by atoms with Gasteiger partial charge in [-0.05, 0) is 47.8 Å².